The van der Waals surface area contributed by atoms with Gasteiger partial charge in [0.2, 0.25) is 0 Å². The molecule has 74 valence electrons. The average Bonchev–Trinajstić information content (AvgIpc) is 2.55. The lowest BCUT2D eigenvalue weighted by molar-refractivity contribution is 0.425. The first-order valence-electron chi connectivity index (χ1n) is 10.3. The van der Waals surface area contributed by atoms with Crippen LogP contribution >= 0.6 is 0 Å². The van der Waals surface area contributed by atoms with Gasteiger partial charge in [-0.1, -0.05) is 36.9 Å². The first-order valence-corrected chi connectivity index (χ1v) is 3.81. The summed E-state index contributed by atoms with van der Waals surface area (Å²) in [6.07, 6.45) is -14.4. The van der Waals surface area contributed by atoms with Crippen LogP contribution in [0.5, 0.6) is 0 Å². The predicted octanol–water partition coefficient (Wildman–Crippen LogP) is 1.02. The van der Waals surface area contributed by atoms with Crippen LogP contribution in [0.2, 0.25) is 0 Å². The fourth-order valence-corrected chi connectivity index (χ4v) is 0.956. The van der Waals surface area contributed by atoms with Crippen molar-refractivity contribution in [2.24, 2.45) is 0 Å². The molecule has 1 fully saturated rings. The Bertz CT molecular complexity index is 780. The maximum atomic E-state index is 9.39. The molecule has 0 amide bonds. The quantitative estimate of drug-likeness (QED) is 0.704. The highest BCUT2D eigenvalue weighted by molar-refractivity contribution is 6.58. The van der Waals surface area contributed by atoms with E-state index in [0.717, 1.165) is 0 Å². The summed E-state index contributed by atoms with van der Waals surface area (Å²) in [5.74, 6) is -3.55. The van der Waals surface area contributed by atoms with E-state index in [1.807, 2.05) is 0 Å². The van der Waals surface area contributed by atoms with Crippen molar-refractivity contribution in [2.45, 2.75) is 31.4 Å². The zero-order valence-electron chi connectivity index (χ0n) is 20.0. The molecule has 2 N–H and O–H groups in total. The third kappa shape index (κ3) is 1.99. The molecular weight excluding hydrogens is 175 g/mol. The van der Waals surface area contributed by atoms with Crippen LogP contribution in [-0.2, 0) is 0 Å². The number of rotatable bonds is 2. The van der Waals surface area contributed by atoms with Gasteiger partial charge in [0.25, 0.3) is 0 Å². The van der Waals surface area contributed by atoms with E-state index in [0.29, 0.717) is 0 Å². The normalized spacial score (nSPS) is 47.4. The molecule has 0 atom stereocenters. The smallest absolute Gasteiger partial charge is 0.423 e. The third-order valence-electron chi connectivity index (χ3n) is 1.59. The van der Waals surface area contributed by atoms with Crippen molar-refractivity contribution in [3.8, 4) is 0 Å². The van der Waals surface area contributed by atoms with Crippen molar-refractivity contribution in [1.29, 1.82) is 0 Å². The van der Waals surface area contributed by atoms with Crippen molar-refractivity contribution in [3.63, 3.8) is 0 Å². The van der Waals surface area contributed by atoms with Crippen molar-refractivity contribution in [3.05, 3.63) is 29.7 Å². The second-order valence-corrected chi connectivity index (χ2v) is 2.54. The molecule has 2 rings (SSSR count). The lowest BCUT2D eigenvalue weighted by atomic mass is 9.78. The first-order chi connectivity index (χ1) is 11.8. The minimum Gasteiger partial charge on any atom is -0.423 e. The molecule has 0 bridgehead atoms. The van der Waals surface area contributed by atoms with E-state index in [-0.39, 0.29) is 0 Å². The Morgan fingerprint density at radius 3 is 2.79 bits per heavy atom. The van der Waals surface area contributed by atoms with Gasteiger partial charge in [-0.25, -0.2) is 0 Å². The summed E-state index contributed by atoms with van der Waals surface area (Å²) in [6, 6.07) is -4.40. The van der Waals surface area contributed by atoms with E-state index in [2.05, 4.69) is 0 Å². The molecule has 0 saturated heterocycles. The third-order valence-corrected chi connectivity index (χ3v) is 1.59. The largest absolute Gasteiger partial charge is 0.488 e. The molecule has 0 radical (unpaired) electrons. The molecule has 0 heterocycles. The molecule has 3 heteroatoms. The number of hydrogen-bond acceptors (Lipinski definition) is 2. The number of benzene rings is 1. The van der Waals surface area contributed by atoms with E-state index >= 15 is 0 Å². The molecule has 0 unspecified atom stereocenters. The fourth-order valence-electron chi connectivity index (χ4n) is 0.956. The molecule has 0 aromatic heterocycles. The molecular formula is C11H15BO2. The van der Waals surface area contributed by atoms with E-state index in [1.54, 1.807) is 0 Å². The van der Waals surface area contributed by atoms with Crippen LogP contribution < -0.4 is 5.46 Å². The lowest BCUT2D eigenvalue weighted by Crippen LogP contribution is -2.30. The van der Waals surface area contributed by atoms with Crippen LogP contribution in [0, 0.1) is 0 Å². The molecule has 1 saturated carbocycles. The van der Waals surface area contributed by atoms with Gasteiger partial charge in [-0.15, -0.1) is 0 Å². The summed E-state index contributed by atoms with van der Waals surface area (Å²) in [7, 11) is -2.54. The van der Waals surface area contributed by atoms with Gasteiger partial charge in [0, 0.05) is 12.3 Å². The zero-order chi connectivity index (χ0) is 21.5. The van der Waals surface area contributed by atoms with E-state index in [4.69, 9.17) is 17.8 Å². The summed E-state index contributed by atoms with van der Waals surface area (Å²) < 4.78 is 103. The Labute approximate surface area is 103 Å². The maximum Gasteiger partial charge on any atom is 0.488 e. The van der Waals surface area contributed by atoms with E-state index in [9.17, 15) is 10.0 Å². The second-order valence-electron chi connectivity index (χ2n) is 2.54. The van der Waals surface area contributed by atoms with Crippen LogP contribution in [0.4, 0.5) is 0 Å². The van der Waals surface area contributed by atoms with Crippen LogP contribution in [0.3, 0.4) is 0 Å². The Kier molecular flexibility index (Phi) is 0.789. The highest BCUT2D eigenvalue weighted by Gasteiger charge is 2.18. The minimum absolute atomic E-state index is 0.975. The van der Waals surface area contributed by atoms with E-state index in [1.165, 1.54) is 0 Å². The van der Waals surface area contributed by atoms with Crippen molar-refractivity contribution in [1.82, 2.24) is 0 Å². The average molecular weight is 203 g/mol. The van der Waals surface area contributed by atoms with Gasteiger partial charge in [0.05, 0.1) is 5.48 Å². The predicted molar refractivity (Wildman–Crippen MR) is 57.5 cm³/mol. The van der Waals surface area contributed by atoms with Crippen LogP contribution in [0.25, 0.3) is 0 Å². The summed E-state index contributed by atoms with van der Waals surface area (Å²) in [5, 5.41) is 18.8. The van der Waals surface area contributed by atoms with Crippen LogP contribution in [0.1, 0.15) is 54.8 Å². The maximum absolute atomic E-state index is 9.39. The Balaban J connectivity index is 3.09. The van der Waals surface area contributed by atoms with Gasteiger partial charge in [-0.05, 0) is 29.7 Å². The van der Waals surface area contributed by atoms with Gasteiger partial charge in [-0.2, -0.15) is 0 Å². The molecule has 1 aromatic rings. The van der Waals surface area contributed by atoms with Gasteiger partial charge in [0.1, 0.15) is 0 Å². The molecule has 1 aliphatic carbocycles. The monoisotopic (exact) mass is 203 g/mol. The summed E-state index contributed by atoms with van der Waals surface area (Å²) >= 11 is 0. The SMILES string of the molecule is [2H]c1c([2H])c(B(O)O)c([2H])c(C2([2H])C([2H])([2H])C([2H])([2H])C([2H])([2H])C2([2H])[2H])c1[2H]. The second kappa shape index (κ2) is 4.15. The lowest BCUT2D eigenvalue weighted by Gasteiger charge is -2.10. The van der Waals surface area contributed by atoms with Crippen molar-refractivity contribution >= 4 is 12.6 Å². The molecule has 2 nitrogen and oxygen atoms in total. The molecule has 14 heavy (non-hydrogen) atoms. The minimum atomic E-state index is -3.63. The summed E-state index contributed by atoms with van der Waals surface area (Å²) in [4.78, 5) is 0. The van der Waals surface area contributed by atoms with Gasteiger partial charge in [0.15, 0.2) is 0 Å². The highest BCUT2D eigenvalue weighted by Crippen LogP contribution is 2.33. The summed E-state index contributed by atoms with van der Waals surface area (Å²) in [6.45, 7) is 0. The Morgan fingerprint density at radius 1 is 1.43 bits per heavy atom. The van der Waals surface area contributed by atoms with Gasteiger partial charge in [-0.3, -0.25) is 0 Å². The highest BCUT2D eigenvalue weighted by atomic mass is 16.4. The molecule has 0 aliphatic heterocycles. The zero-order valence-corrected chi connectivity index (χ0v) is 6.97. The van der Waals surface area contributed by atoms with Crippen molar-refractivity contribution < 1.29 is 27.9 Å². The fraction of sp³-hybridized carbons (Fsp3) is 0.455. The molecule has 0 spiro atoms. The summed E-state index contributed by atoms with van der Waals surface area (Å²) in [5.41, 5.74) is -2.22. The van der Waals surface area contributed by atoms with Gasteiger partial charge < -0.3 is 10.0 Å². The van der Waals surface area contributed by atoms with Crippen molar-refractivity contribution in [2.75, 3.05) is 0 Å². The van der Waals surface area contributed by atoms with E-state index < -0.39 is 73.7 Å². The Hall–Kier alpha value is -0.795. The van der Waals surface area contributed by atoms with Gasteiger partial charge >= 0.3 is 7.12 Å². The topological polar surface area (TPSA) is 40.5 Å². The molecule has 1 aliphatic rings. The standard InChI is InChI=1S/C11H15BO2/c13-12(14)11-7-3-6-10(8-11)9-4-1-2-5-9/h3,6-9,13-14H,1-2,4-5H2/i1D2,2D2,3D,4D2,5D2,6D,7D,8D,9D. The van der Waals surface area contributed by atoms with Crippen LogP contribution in [-0.4, -0.2) is 17.2 Å². The first kappa shape index (κ1) is 2.66. The Morgan fingerprint density at radius 2 is 2.14 bits per heavy atom. The van der Waals surface area contributed by atoms with Crippen LogP contribution in [0.15, 0.2) is 24.2 Å². The molecule has 1 aromatic carbocycles. The number of hydrogen-bond donors (Lipinski definition) is 2.